The molecule has 0 spiro atoms. The van der Waals surface area contributed by atoms with Gasteiger partial charge in [-0.25, -0.2) is 0 Å². The van der Waals surface area contributed by atoms with E-state index in [4.69, 9.17) is 0 Å². The summed E-state index contributed by atoms with van der Waals surface area (Å²) in [5.74, 6) is -0.531. The summed E-state index contributed by atoms with van der Waals surface area (Å²) in [6.45, 7) is 2.63. The van der Waals surface area contributed by atoms with Crippen LogP contribution in [0.5, 0.6) is 0 Å². The van der Waals surface area contributed by atoms with Crippen molar-refractivity contribution < 1.29 is 14.7 Å². The Morgan fingerprint density at radius 3 is 2.95 bits per heavy atom. The molecule has 1 aromatic carbocycles. The van der Waals surface area contributed by atoms with Crippen molar-refractivity contribution in [2.45, 2.75) is 25.9 Å². The van der Waals surface area contributed by atoms with E-state index in [1.807, 2.05) is 31.2 Å². The van der Waals surface area contributed by atoms with Crippen molar-refractivity contribution in [2.75, 3.05) is 13.1 Å². The fraction of sp³-hybridized carbons (Fsp3) is 0.467. The Balaban J connectivity index is 1.87. The van der Waals surface area contributed by atoms with Gasteiger partial charge in [-0.2, -0.15) is 0 Å². The molecule has 0 aliphatic carbocycles. The van der Waals surface area contributed by atoms with E-state index in [-0.39, 0.29) is 30.7 Å². The zero-order valence-electron chi connectivity index (χ0n) is 11.6. The highest BCUT2D eigenvalue weighted by Crippen LogP contribution is 2.17. The molecule has 2 rings (SSSR count). The van der Waals surface area contributed by atoms with Crippen LogP contribution in [-0.2, 0) is 9.59 Å². The number of aryl methyl sites for hydroxylation is 1. The van der Waals surface area contributed by atoms with Crippen LogP contribution < -0.4 is 10.6 Å². The maximum atomic E-state index is 12.0. The predicted molar refractivity (Wildman–Crippen MR) is 74.9 cm³/mol. The van der Waals surface area contributed by atoms with Crippen LogP contribution in [0.1, 0.15) is 30.1 Å². The van der Waals surface area contributed by atoms with Gasteiger partial charge >= 0.3 is 0 Å². The number of hydrogen-bond acceptors (Lipinski definition) is 3. The van der Waals surface area contributed by atoms with Crippen LogP contribution in [0.3, 0.4) is 0 Å². The van der Waals surface area contributed by atoms with E-state index in [9.17, 15) is 14.7 Å². The molecule has 0 saturated carbocycles. The van der Waals surface area contributed by atoms with Gasteiger partial charge in [-0.3, -0.25) is 9.59 Å². The molecule has 2 unspecified atom stereocenters. The Labute approximate surface area is 118 Å². The lowest BCUT2D eigenvalue weighted by Crippen LogP contribution is -2.42. The van der Waals surface area contributed by atoms with Crippen LogP contribution in [0.4, 0.5) is 0 Å². The third-order valence-corrected chi connectivity index (χ3v) is 3.63. The number of benzene rings is 1. The first-order valence-corrected chi connectivity index (χ1v) is 6.86. The summed E-state index contributed by atoms with van der Waals surface area (Å²) < 4.78 is 0. The number of hydrogen-bond donors (Lipinski definition) is 3. The van der Waals surface area contributed by atoms with Crippen LogP contribution in [0, 0.1) is 12.8 Å². The molecule has 2 amide bonds. The van der Waals surface area contributed by atoms with E-state index in [1.165, 1.54) is 0 Å². The molecule has 1 heterocycles. The average molecular weight is 276 g/mol. The van der Waals surface area contributed by atoms with Crippen molar-refractivity contribution in [2.24, 2.45) is 5.92 Å². The molecule has 1 aliphatic heterocycles. The highest BCUT2D eigenvalue weighted by molar-refractivity contribution is 5.86. The Morgan fingerprint density at radius 1 is 1.50 bits per heavy atom. The lowest BCUT2D eigenvalue weighted by Gasteiger charge is -2.22. The Morgan fingerprint density at radius 2 is 2.25 bits per heavy atom. The van der Waals surface area contributed by atoms with Crippen LogP contribution >= 0.6 is 0 Å². The Kier molecular flexibility index (Phi) is 4.74. The normalized spacial score (nSPS) is 20.1. The van der Waals surface area contributed by atoms with E-state index >= 15 is 0 Å². The first-order chi connectivity index (χ1) is 9.58. The van der Waals surface area contributed by atoms with E-state index in [0.717, 1.165) is 11.1 Å². The van der Waals surface area contributed by atoms with Gasteiger partial charge in [0, 0.05) is 25.4 Å². The van der Waals surface area contributed by atoms with Crippen LogP contribution in [0.15, 0.2) is 24.3 Å². The van der Waals surface area contributed by atoms with Gasteiger partial charge in [0.2, 0.25) is 11.8 Å². The fourth-order valence-electron chi connectivity index (χ4n) is 2.42. The minimum atomic E-state index is -0.724. The zero-order chi connectivity index (χ0) is 14.5. The summed E-state index contributed by atoms with van der Waals surface area (Å²) >= 11 is 0. The minimum Gasteiger partial charge on any atom is -0.387 e. The SMILES string of the molecule is Cc1ccccc1C(O)CNC(=O)C1CCNC(=O)C1. The summed E-state index contributed by atoms with van der Waals surface area (Å²) in [5.41, 5.74) is 1.81. The molecule has 0 radical (unpaired) electrons. The largest absolute Gasteiger partial charge is 0.387 e. The van der Waals surface area contributed by atoms with Crippen molar-refractivity contribution >= 4 is 11.8 Å². The van der Waals surface area contributed by atoms with Crippen LogP contribution in [-0.4, -0.2) is 30.0 Å². The monoisotopic (exact) mass is 276 g/mol. The molecular weight excluding hydrogens is 256 g/mol. The number of carbonyl (C=O) groups excluding carboxylic acids is 2. The minimum absolute atomic E-state index is 0.0872. The quantitative estimate of drug-likeness (QED) is 0.756. The Hall–Kier alpha value is -1.88. The third kappa shape index (κ3) is 3.57. The molecule has 0 bridgehead atoms. The van der Waals surface area contributed by atoms with Gasteiger partial charge in [-0.05, 0) is 24.5 Å². The highest BCUT2D eigenvalue weighted by atomic mass is 16.3. The van der Waals surface area contributed by atoms with Crippen molar-refractivity contribution in [3.63, 3.8) is 0 Å². The zero-order valence-corrected chi connectivity index (χ0v) is 11.6. The molecule has 5 heteroatoms. The van der Waals surface area contributed by atoms with Gasteiger partial charge in [-0.15, -0.1) is 0 Å². The molecular formula is C15H20N2O3. The van der Waals surface area contributed by atoms with Crippen molar-refractivity contribution in [3.8, 4) is 0 Å². The van der Waals surface area contributed by atoms with Gasteiger partial charge in [0.25, 0.3) is 0 Å². The van der Waals surface area contributed by atoms with E-state index < -0.39 is 6.10 Å². The number of carbonyl (C=O) groups is 2. The first kappa shape index (κ1) is 14.5. The number of amides is 2. The van der Waals surface area contributed by atoms with Crippen molar-refractivity contribution in [3.05, 3.63) is 35.4 Å². The Bertz CT molecular complexity index is 502. The maximum Gasteiger partial charge on any atom is 0.223 e. The van der Waals surface area contributed by atoms with Gasteiger partial charge in [0.05, 0.1) is 6.10 Å². The average Bonchev–Trinajstić information content (AvgIpc) is 2.45. The van der Waals surface area contributed by atoms with Crippen molar-refractivity contribution in [1.29, 1.82) is 0 Å². The number of nitrogens with one attached hydrogen (secondary N) is 2. The molecule has 1 aromatic rings. The lowest BCUT2D eigenvalue weighted by atomic mass is 9.96. The standard InChI is InChI=1S/C15H20N2O3/c1-10-4-2-3-5-12(10)13(18)9-17-15(20)11-6-7-16-14(19)8-11/h2-5,11,13,18H,6-9H2,1H3,(H,16,19)(H,17,20). The van der Waals surface area contributed by atoms with Crippen LogP contribution in [0.25, 0.3) is 0 Å². The lowest BCUT2D eigenvalue weighted by molar-refractivity contribution is -0.132. The van der Waals surface area contributed by atoms with E-state index in [0.29, 0.717) is 13.0 Å². The van der Waals surface area contributed by atoms with Gasteiger partial charge < -0.3 is 15.7 Å². The molecule has 3 N–H and O–H groups in total. The second-order valence-corrected chi connectivity index (χ2v) is 5.16. The molecule has 108 valence electrons. The number of aliphatic hydroxyl groups excluding tert-OH is 1. The first-order valence-electron chi connectivity index (χ1n) is 6.86. The summed E-state index contributed by atoms with van der Waals surface area (Å²) in [6.07, 6.45) is 0.155. The summed E-state index contributed by atoms with van der Waals surface area (Å²) in [4.78, 5) is 23.2. The van der Waals surface area contributed by atoms with Crippen molar-refractivity contribution in [1.82, 2.24) is 10.6 Å². The number of piperidine rings is 1. The van der Waals surface area contributed by atoms with E-state index in [1.54, 1.807) is 0 Å². The molecule has 0 aromatic heterocycles. The molecule has 5 nitrogen and oxygen atoms in total. The predicted octanol–water partition coefficient (Wildman–Crippen LogP) is 0.671. The number of rotatable bonds is 4. The molecule has 2 atom stereocenters. The summed E-state index contributed by atoms with van der Waals surface area (Å²) in [7, 11) is 0. The van der Waals surface area contributed by atoms with Gasteiger partial charge in [-0.1, -0.05) is 24.3 Å². The number of aliphatic hydroxyl groups is 1. The highest BCUT2D eigenvalue weighted by Gasteiger charge is 2.25. The van der Waals surface area contributed by atoms with Crippen LogP contribution in [0.2, 0.25) is 0 Å². The molecule has 1 fully saturated rings. The van der Waals surface area contributed by atoms with Gasteiger partial charge in [0.15, 0.2) is 0 Å². The van der Waals surface area contributed by atoms with E-state index in [2.05, 4.69) is 10.6 Å². The second kappa shape index (κ2) is 6.52. The molecule has 1 aliphatic rings. The molecule has 1 saturated heterocycles. The fourth-order valence-corrected chi connectivity index (χ4v) is 2.42. The third-order valence-electron chi connectivity index (χ3n) is 3.63. The second-order valence-electron chi connectivity index (χ2n) is 5.16. The molecule has 20 heavy (non-hydrogen) atoms. The topological polar surface area (TPSA) is 78.4 Å². The van der Waals surface area contributed by atoms with Gasteiger partial charge in [0.1, 0.15) is 0 Å². The smallest absolute Gasteiger partial charge is 0.223 e. The maximum absolute atomic E-state index is 12.0. The summed E-state index contributed by atoms with van der Waals surface area (Å²) in [6, 6.07) is 7.54. The summed E-state index contributed by atoms with van der Waals surface area (Å²) in [5, 5.41) is 15.5.